The van der Waals surface area contributed by atoms with Gasteiger partial charge in [-0.15, -0.1) is 10.2 Å². The maximum atomic E-state index is 12.4. The number of amides is 1. The molecule has 23 heavy (non-hydrogen) atoms. The van der Waals surface area contributed by atoms with Gasteiger partial charge >= 0.3 is 0 Å². The highest BCUT2D eigenvalue weighted by atomic mass is 32.2. The Labute approximate surface area is 140 Å². The molecule has 6 heteroatoms. The molecule has 2 aromatic rings. The van der Waals surface area contributed by atoms with Crippen LogP contribution in [0.25, 0.3) is 11.5 Å². The van der Waals surface area contributed by atoms with Gasteiger partial charge in [-0.1, -0.05) is 43.8 Å². The maximum Gasteiger partial charge on any atom is 0.277 e. The first-order chi connectivity index (χ1) is 11.1. The number of hydrogen-bond acceptors (Lipinski definition) is 5. The van der Waals surface area contributed by atoms with Crippen LogP contribution in [0.2, 0.25) is 0 Å². The lowest BCUT2D eigenvalue weighted by Gasteiger charge is -2.34. The summed E-state index contributed by atoms with van der Waals surface area (Å²) in [6, 6.07) is 9.63. The minimum atomic E-state index is 0.146. The fourth-order valence-electron chi connectivity index (χ4n) is 3.05. The average molecular weight is 331 g/mol. The number of carbonyl (C=O) groups is 1. The molecule has 0 radical (unpaired) electrons. The van der Waals surface area contributed by atoms with Crippen LogP contribution in [0, 0.1) is 11.8 Å². The highest BCUT2D eigenvalue weighted by Crippen LogP contribution is 2.25. The summed E-state index contributed by atoms with van der Waals surface area (Å²) in [4.78, 5) is 14.3. The van der Waals surface area contributed by atoms with E-state index in [0.29, 0.717) is 28.7 Å². The molecule has 1 aliphatic heterocycles. The summed E-state index contributed by atoms with van der Waals surface area (Å²) in [5.74, 6) is 2.12. The van der Waals surface area contributed by atoms with Crippen LogP contribution in [0.15, 0.2) is 40.0 Å². The number of thioether (sulfide) groups is 1. The Balaban J connectivity index is 1.56. The molecule has 1 aliphatic rings. The lowest BCUT2D eigenvalue weighted by Crippen LogP contribution is -2.43. The topological polar surface area (TPSA) is 59.2 Å². The fraction of sp³-hybridized carbons (Fsp3) is 0.471. The number of nitrogens with zero attached hydrogens (tertiary/aromatic N) is 3. The molecule has 1 saturated heterocycles. The van der Waals surface area contributed by atoms with Crippen LogP contribution in [-0.2, 0) is 4.79 Å². The molecule has 1 aromatic carbocycles. The zero-order chi connectivity index (χ0) is 16.2. The Kier molecular flexibility index (Phi) is 5.00. The number of carbonyl (C=O) groups excluding carboxylic acids is 1. The van der Waals surface area contributed by atoms with Crippen molar-refractivity contribution in [1.82, 2.24) is 15.1 Å². The van der Waals surface area contributed by atoms with E-state index in [1.807, 2.05) is 35.2 Å². The van der Waals surface area contributed by atoms with Crippen molar-refractivity contribution in [2.24, 2.45) is 11.8 Å². The molecule has 1 aromatic heterocycles. The molecule has 2 heterocycles. The molecule has 1 amide bonds. The van der Waals surface area contributed by atoms with Gasteiger partial charge in [-0.05, 0) is 30.4 Å². The van der Waals surface area contributed by atoms with Crippen molar-refractivity contribution < 1.29 is 9.21 Å². The summed E-state index contributed by atoms with van der Waals surface area (Å²) < 4.78 is 5.62. The molecule has 0 unspecified atom stereocenters. The molecule has 5 nitrogen and oxygen atoms in total. The highest BCUT2D eigenvalue weighted by Gasteiger charge is 2.25. The van der Waals surface area contributed by atoms with E-state index in [4.69, 9.17) is 4.42 Å². The number of piperidine rings is 1. The molecule has 122 valence electrons. The highest BCUT2D eigenvalue weighted by molar-refractivity contribution is 7.99. The van der Waals surface area contributed by atoms with Gasteiger partial charge in [0.2, 0.25) is 11.8 Å². The monoisotopic (exact) mass is 331 g/mol. The van der Waals surface area contributed by atoms with E-state index >= 15 is 0 Å². The minimum absolute atomic E-state index is 0.146. The van der Waals surface area contributed by atoms with Crippen molar-refractivity contribution in [3.8, 4) is 11.5 Å². The Bertz CT molecular complexity index is 649. The van der Waals surface area contributed by atoms with E-state index in [-0.39, 0.29) is 5.91 Å². The summed E-state index contributed by atoms with van der Waals surface area (Å²) in [5, 5.41) is 8.49. The number of likely N-dealkylation sites (tertiary alicyclic amines) is 1. The predicted molar refractivity (Wildman–Crippen MR) is 90.0 cm³/mol. The van der Waals surface area contributed by atoms with Crippen molar-refractivity contribution in [3.63, 3.8) is 0 Å². The largest absolute Gasteiger partial charge is 0.411 e. The summed E-state index contributed by atoms with van der Waals surface area (Å²) in [6.45, 7) is 6.10. The lowest BCUT2D eigenvalue weighted by molar-refractivity contribution is -0.130. The SMILES string of the molecule is C[C@H]1C[C@H](C)CN(C(=O)CSc2nnc(-c3ccccc3)o2)C1. The van der Waals surface area contributed by atoms with Crippen LogP contribution >= 0.6 is 11.8 Å². The number of benzene rings is 1. The lowest BCUT2D eigenvalue weighted by atomic mass is 9.92. The summed E-state index contributed by atoms with van der Waals surface area (Å²) >= 11 is 1.31. The maximum absolute atomic E-state index is 12.4. The van der Waals surface area contributed by atoms with Crippen LogP contribution in [0.5, 0.6) is 0 Å². The first-order valence-electron chi connectivity index (χ1n) is 7.91. The van der Waals surface area contributed by atoms with Crippen molar-refractivity contribution in [3.05, 3.63) is 30.3 Å². The Morgan fingerprint density at radius 2 is 1.91 bits per heavy atom. The Morgan fingerprint density at radius 3 is 2.61 bits per heavy atom. The second-order valence-corrected chi connectivity index (χ2v) is 7.20. The molecule has 0 spiro atoms. The molecule has 0 N–H and O–H groups in total. The van der Waals surface area contributed by atoms with Gasteiger partial charge in [-0.25, -0.2) is 0 Å². The zero-order valence-corrected chi connectivity index (χ0v) is 14.3. The van der Waals surface area contributed by atoms with Gasteiger partial charge in [0.15, 0.2) is 0 Å². The molecule has 2 atom stereocenters. The van der Waals surface area contributed by atoms with Gasteiger partial charge in [-0.2, -0.15) is 0 Å². The van der Waals surface area contributed by atoms with E-state index < -0.39 is 0 Å². The van der Waals surface area contributed by atoms with Gasteiger partial charge < -0.3 is 9.32 Å². The van der Waals surface area contributed by atoms with Crippen LogP contribution < -0.4 is 0 Å². The third kappa shape index (κ3) is 4.13. The standard InChI is InChI=1S/C17H21N3O2S/c1-12-8-13(2)10-20(9-12)15(21)11-23-17-19-18-16(22-17)14-6-4-3-5-7-14/h3-7,12-13H,8-11H2,1-2H3/t12-,13-/m0/s1. The minimum Gasteiger partial charge on any atom is -0.411 e. The summed E-state index contributed by atoms with van der Waals surface area (Å²) in [7, 11) is 0. The molecule has 0 saturated carbocycles. The molecular weight excluding hydrogens is 310 g/mol. The van der Waals surface area contributed by atoms with Gasteiger partial charge in [-0.3, -0.25) is 4.79 Å². The van der Waals surface area contributed by atoms with Gasteiger partial charge in [0.1, 0.15) is 0 Å². The van der Waals surface area contributed by atoms with Gasteiger partial charge in [0.25, 0.3) is 5.22 Å². The molecule has 0 aliphatic carbocycles. The van der Waals surface area contributed by atoms with Crippen molar-refractivity contribution in [2.45, 2.75) is 25.5 Å². The number of hydrogen-bond donors (Lipinski definition) is 0. The average Bonchev–Trinajstić information content (AvgIpc) is 3.01. The number of aromatic nitrogens is 2. The molecule has 0 bridgehead atoms. The normalized spacial score (nSPS) is 21.4. The first-order valence-corrected chi connectivity index (χ1v) is 8.90. The van der Waals surface area contributed by atoms with E-state index in [1.165, 1.54) is 18.2 Å². The third-order valence-electron chi connectivity index (χ3n) is 3.97. The van der Waals surface area contributed by atoms with Crippen molar-refractivity contribution >= 4 is 17.7 Å². The van der Waals surface area contributed by atoms with Gasteiger partial charge in [0, 0.05) is 18.7 Å². The second-order valence-electron chi connectivity index (χ2n) is 6.27. The van der Waals surface area contributed by atoms with Crippen LogP contribution in [0.4, 0.5) is 0 Å². The van der Waals surface area contributed by atoms with E-state index in [2.05, 4.69) is 24.0 Å². The van der Waals surface area contributed by atoms with Gasteiger partial charge in [0.05, 0.1) is 5.75 Å². The second kappa shape index (κ2) is 7.17. The van der Waals surface area contributed by atoms with Crippen LogP contribution in [-0.4, -0.2) is 39.8 Å². The van der Waals surface area contributed by atoms with E-state index in [0.717, 1.165) is 18.7 Å². The molecule has 3 rings (SSSR count). The molecular formula is C17H21N3O2S. The van der Waals surface area contributed by atoms with E-state index in [9.17, 15) is 4.79 Å². The fourth-order valence-corrected chi connectivity index (χ4v) is 3.71. The van der Waals surface area contributed by atoms with Crippen LogP contribution in [0.3, 0.4) is 0 Å². The van der Waals surface area contributed by atoms with E-state index in [1.54, 1.807) is 0 Å². The molecule has 1 fully saturated rings. The van der Waals surface area contributed by atoms with Crippen molar-refractivity contribution in [1.29, 1.82) is 0 Å². The van der Waals surface area contributed by atoms with Crippen molar-refractivity contribution in [2.75, 3.05) is 18.8 Å². The summed E-state index contributed by atoms with van der Waals surface area (Å²) in [5.41, 5.74) is 0.886. The zero-order valence-electron chi connectivity index (χ0n) is 13.4. The third-order valence-corrected chi connectivity index (χ3v) is 4.77. The smallest absolute Gasteiger partial charge is 0.277 e. The summed E-state index contributed by atoms with van der Waals surface area (Å²) in [6.07, 6.45) is 1.20. The van der Waals surface area contributed by atoms with Crippen LogP contribution in [0.1, 0.15) is 20.3 Å². The number of rotatable bonds is 4. The Morgan fingerprint density at radius 1 is 1.22 bits per heavy atom. The predicted octanol–water partition coefficient (Wildman–Crippen LogP) is 3.33. The Hall–Kier alpha value is -1.82. The quantitative estimate of drug-likeness (QED) is 0.804. The first kappa shape index (κ1) is 16.1.